The van der Waals surface area contributed by atoms with Gasteiger partial charge in [0.2, 0.25) is 5.78 Å². The number of hydrogen-bond acceptors (Lipinski definition) is 5. The van der Waals surface area contributed by atoms with Crippen LogP contribution in [0.1, 0.15) is 38.2 Å². The van der Waals surface area contributed by atoms with Gasteiger partial charge in [-0.2, -0.15) is 5.10 Å². The van der Waals surface area contributed by atoms with Gasteiger partial charge in [0.15, 0.2) is 5.69 Å². The fraction of sp³-hybridized carbons (Fsp3) is 0.167. The second kappa shape index (κ2) is 6.80. The second-order valence-corrected chi connectivity index (χ2v) is 6.10. The van der Waals surface area contributed by atoms with Gasteiger partial charge >= 0.3 is 5.97 Å². The minimum Gasteiger partial charge on any atom is -0.461 e. The van der Waals surface area contributed by atoms with E-state index in [1.165, 1.54) is 11.3 Å². The molecule has 2 heterocycles. The first-order chi connectivity index (χ1) is 11.6. The summed E-state index contributed by atoms with van der Waals surface area (Å²) >= 11 is 1.33. The SMILES string of the molecule is CCOC(=O)c1nn(-c2ccccc2C)cc1C(=O)c1cccs1. The highest BCUT2D eigenvalue weighted by Gasteiger charge is 2.25. The van der Waals surface area contributed by atoms with Crippen LogP contribution in [0.25, 0.3) is 5.69 Å². The zero-order valence-electron chi connectivity index (χ0n) is 13.4. The van der Waals surface area contributed by atoms with Gasteiger partial charge in [-0.25, -0.2) is 9.48 Å². The summed E-state index contributed by atoms with van der Waals surface area (Å²) in [7, 11) is 0. The van der Waals surface area contributed by atoms with Gasteiger partial charge in [-0.1, -0.05) is 24.3 Å². The molecular weight excluding hydrogens is 324 g/mol. The molecule has 0 spiro atoms. The summed E-state index contributed by atoms with van der Waals surface area (Å²) in [6.45, 7) is 3.89. The fourth-order valence-electron chi connectivity index (χ4n) is 2.37. The van der Waals surface area contributed by atoms with Crippen LogP contribution < -0.4 is 0 Å². The number of para-hydroxylation sites is 1. The Bertz CT molecular complexity index is 882. The zero-order valence-corrected chi connectivity index (χ0v) is 14.2. The van der Waals surface area contributed by atoms with Crippen LogP contribution >= 0.6 is 11.3 Å². The number of rotatable bonds is 5. The molecule has 0 N–H and O–H groups in total. The molecule has 0 radical (unpaired) electrons. The Morgan fingerprint density at radius 1 is 1.21 bits per heavy atom. The van der Waals surface area contributed by atoms with E-state index >= 15 is 0 Å². The standard InChI is InChI=1S/C18H16N2O3S/c1-3-23-18(22)16-13(17(21)15-9-6-10-24-15)11-20(19-16)14-8-5-4-7-12(14)2/h4-11H,3H2,1-2H3. The van der Waals surface area contributed by atoms with Gasteiger partial charge in [-0.05, 0) is 36.9 Å². The van der Waals surface area contributed by atoms with Crippen molar-refractivity contribution in [3.05, 3.63) is 69.7 Å². The number of nitrogens with zero attached hydrogens (tertiary/aromatic N) is 2. The first-order valence-electron chi connectivity index (χ1n) is 7.52. The molecule has 0 bridgehead atoms. The van der Waals surface area contributed by atoms with E-state index in [0.717, 1.165) is 11.3 Å². The van der Waals surface area contributed by atoms with Crippen LogP contribution in [0.4, 0.5) is 0 Å². The van der Waals surface area contributed by atoms with Crippen LogP contribution in [0, 0.1) is 6.92 Å². The summed E-state index contributed by atoms with van der Waals surface area (Å²) in [6, 6.07) is 11.2. The highest BCUT2D eigenvalue weighted by atomic mass is 32.1. The number of esters is 1. The number of aromatic nitrogens is 2. The van der Waals surface area contributed by atoms with Crippen molar-refractivity contribution in [3.63, 3.8) is 0 Å². The molecule has 122 valence electrons. The molecule has 0 aliphatic heterocycles. The van der Waals surface area contributed by atoms with E-state index in [-0.39, 0.29) is 23.6 Å². The van der Waals surface area contributed by atoms with E-state index in [4.69, 9.17) is 4.74 Å². The third-order valence-corrected chi connectivity index (χ3v) is 4.40. The number of aryl methyl sites for hydroxylation is 1. The van der Waals surface area contributed by atoms with Crippen LogP contribution in [-0.4, -0.2) is 28.1 Å². The molecule has 6 heteroatoms. The van der Waals surface area contributed by atoms with Crippen molar-refractivity contribution in [2.45, 2.75) is 13.8 Å². The van der Waals surface area contributed by atoms with Gasteiger partial charge in [-0.3, -0.25) is 4.79 Å². The maximum atomic E-state index is 12.7. The minimum absolute atomic E-state index is 0.0403. The van der Waals surface area contributed by atoms with E-state index in [9.17, 15) is 9.59 Å². The van der Waals surface area contributed by atoms with E-state index < -0.39 is 5.97 Å². The van der Waals surface area contributed by atoms with Crippen molar-refractivity contribution in [2.75, 3.05) is 6.61 Å². The number of carbonyl (C=O) groups is 2. The maximum Gasteiger partial charge on any atom is 0.359 e. The lowest BCUT2D eigenvalue weighted by Gasteiger charge is -2.04. The quantitative estimate of drug-likeness (QED) is 0.525. The molecule has 0 amide bonds. The minimum atomic E-state index is -0.593. The molecule has 0 atom stereocenters. The highest BCUT2D eigenvalue weighted by molar-refractivity contribution is 7.12. The van der Waals surface area contributed by atoms with E-state index in [0.29, 0.717) is 4.88 Å². The molecule has 2 aromatic heterocycles. The second-order valence-electron chi connectivity index (χ2n) is 5.15. The van der Waals surface area contributed by atoms with Crippen molar-refractivity contribution in [1.29, 1.82) is 0 Å². The molecule has 3 rings (SSSR count). The number of carbonyl (C=O) groups excluding carboxylic acids is 2. The summed E-state index contributed by atoms with van der Waals surface area (Å²) in [5, 5.41) is 6.14. The first-order valence-corrected chi connectivity index (χ1v) is 8.40. The van der Waals surface area contributed by atoms with E-state index in [1.54, 1.807) is 29.9 Å². The topological polar surface area (TPSA) is 61.2 Å². The maximum absolute atomic E-state index is 12.7. The Balaban J connectivity index is 2.11. The Hall–Kier alpha value is -2.73. The molecule has 0 fully saturated rings. The number of benzene rings is 1. The predicted octanol–water partition coefficient (Wildman–Crippen LogP) is 3.65. The van der Waals surface area contributed by atoms with Crippen LogP contribution in [0.15, 0.2) is 48.0 Å². The van der Waals surface area contributed by atoms with Crippen LogP contribution in [-0.2, 0) is 4.74 Å². The number of ketones is 1. The van der Waals surface area contributed by atoms with Crippen molar-refractivity contribution in [1.82, 2.24) is 9.78 Å². The van der Waals surface area contributed by atoms with Crippen LogP contribution in [0.5, 0.6) is 0 Å². The average Bonchev–Trinajstić information content (AvgIpc) is 3.25. The summed E-state index contributed by atoms with van der Waals surface area (Å²) < 4.78 is 6.61. The average molecular weight is 340 g/mol. The van der Waals surface area contributed by atoms with Crippen molar-refractivity contribution in [3.8, 4) is 5.69 Å². The normalized spacial score (nSPS) is 10.6. The van der Waals surface area contributed by atoms with Gasteiger partial charge in [0.25, 0.3) is 0 Å². The zero-order chi connectivity index (χ0) is 17.1. The van der Waals surface area contributed by atoms with Crippen molar-refractivity contribution >= 4 is 23.1 Å². The predicted molar refractivity (Wildman–Crippen MR) is 92.0 cm³/mol. The third-order valence-electron chi connectivity index (χ3n) is 3.53. The summed E-state index contributed by atoms with van der Waals surface area (Å²) in [4.78, 5) is 25.5. The molecular formula is C18H16N2O3S. The lowest BCUT2D eigenvalue weighted by Crippen LogP contribution is -2.11. The fourth-order valence-corrected chi connectivity index (χ4v) is 3.05. The molecule has 0 saturated carbocycles. The van der Waals surface area contributed by atoms with E-state index in [2.05, 4.69) is 5.10 Å². The van der Waals surface area contributed by atoms with Gasteiger partial charge in [0.05, 0.1) is 22.7 Å². The summed E-state index contributed by atoms with van der Waals surface area (Å²) in [5.74, 6) is -0.822. The first kappa shape index (κ1) is 16.1. The van der Waals surface area contributed by atoms with Gasteiger partial charge in [-0.15, -0.1) is 11.3 Å². The van der Waals surface area contributed by atoms with Crippen molar-refractivity contribution in [2.24, 2.45) is 0 Å². The molecule has 0 aliphatic rings. The van der Waals surface area contributed by atoms with Gasteiger partial charge in [0, 0.05) is 6.20 Å². The molecule has 0 saturated heterocycles. The molecule has 1 aromatic carbocycles. The molecule has 0 unspecified atom stereocenters. The van der Waals surface area contributed by atoms with Gasteiger partial charge < -0.3 is 4.74 Å². The lowest BCUT2D eigenvalue weighted by molar-refractivity contribution is 0.0516. The monoisotopic (exact) mass is 340 g/mol. The van der Waals surface area contributed by atoms with Crippen LogP contribution in [0.2, 0.25) is 0 Å². The van der Waals surface area contributed by atoms with Gasteiger partial charge in [0.1, 0.15) is 0 Å². The molecule has 5 nitrogen and oxygen atoms in total. The smallest absolute Gasteiger partial charge is 0.359 e. The largest absolute Gasteiger partial charge is 0.461 e. The van der Waals surface area contributed by atoms with Crippen LogP contribution in [0.3, 0.4) is 0 Å². The summed E-state index contributed by atoms with van der Waals surface area (Å²) in [5.41, 5.74) is 2.09. The molecule has 24 heavy (non-hydrogen) atoms. The summed E-state index contributed by atoms with van der Waals surface area (Å²) in [6.07, 6.45) is 1.59. The van der Waals surface area contributed by atoms with Crippen molar-refractivity contribution < 1.29 is 14.3 Å². The highest BCUT2D eigenvalue weighted by Crippen LogP contribution is 2.21. The third kappa shape index (κ3) is 3.00. The number of ether oxygens (including phenoxy) is 1. The molecule has 3 aromatic rings. The number of hydrogen-bond donors (Lipinski definition) is 0. The number of thiophene rings is 1. The molecule has 0 aliphatic carbocycles. The lowest BCUT2D eigenvalue weighted by atomic mass is 10.1. The Kier molecular flexibility index (Phi) is 4.57. The Morgan fingerprint density at radius 3 is 2.67 bits per heavy atom. The Labute approximate surface area is 143 Å². The van der Waals surface area contributed by atoms with E-state index in [1.807, 2.05) is 36.6 Å². The Morgan fingerprint density at radius 2 is 2.00 bits per heavy atom.